The first-order valence-electron chi connectivity index (χ1n) is 10.8. The van der Waals surface area contributed by atoms with Gasteiger partial charge in [0.25, 0.3) is 11.1 Å². The Morgan fingerprint density at radius 2 is 1.88 bits per heavy atom. The Balaban J connectivity index is 1.66. The zero-order chi connectivity index (χ0) is 24.2. The summed E-state index contributed by atoms with van der Waals surface area (Å²) < 4.78 is 25.9. The van der Waals surface area contributed by atoms with Gasteiger partial charge in [-0.3, -0.25) is 9.59 Å². The van der Waals surface area contributed by atoms with Gasteiger partial charge in [0.1, 0.15) is 11.5 Å². The van der Waals surface area contributed by atoms with Gasteiger partial charge in [0.2, 0.25) is 4.96 Å². The van der Waals surface area contributed by atoms with Gasteiger partial charge in [-0.2, -0.15) is 14.6 Å². The lowest BCUT2D eigenvalue weighted by Crippen LogP contribution is -2.28. The Hall–Kier alpha value is -3.59. The minimum absolute atomic E-state index is 0.120. The van der Waals surface area contributed by atoms with Crippen molar-refractivity contribution < 1.29 is 13.9 Å². The summed E-state index contributed by atoms with van der Waals surface area (Å²) in [7, 11) is 1.56. The lowest BCUT2D eigenvalue weighted by Gasteiger charge is -2.12. The number of halogens is 1. The summed E-state index contributed by atoms with van der Waals surface area (Å²) in [5, 5.41) is 4.23. The second-order valence-corrected chi connectivity index (χ2v) is 9.23. The summed E-state index contributed by atoms with van der Waals surface area (Å²) in [5.74, 6) is 1.37. The average molecular weight is 482 g/mol. The second-order valence-electron chi connectivity index (χ2n) is 8.22. The second kappa shape index (κ2) is 10.1. The van der Waals surface area contributed by atoms with E-state index in [1.54, 1.807) is 31.4 Å². The van der Waals surface area contributed by atoms with Crippen molar-refractivity contribution in [1.82, 2.24) is 14.6 Å². The Bertz CT molecular complexity index is 1480. The summed E-state index contributed by atoms with van der Waals surface area (Å²) in [6, 6.07) is 11.2. The third-order valence-electron chi connectivity index (χ3n) is 5.17. The number of rotatable bonds is 8. The molecule has 0 atom stereocenters. The lowest BCUT2D eigenvalue weighted by atomic mass is 10.1. The van der Waals surface area contributed by atoms with Crippen molar-refractivity contribution in [1.29, 1.82) is 0 Å². The van der Waals surface area contributed by atoms with E-state index in [1.807, 2.05) is 12.1 Å². The smallest absolute Gasteiger partial charge is 0.296 e. The molecule has 4 rings (SSSR count). The van der Waals surface area contributed by atoms with Crippen LogP contribution in [-0.2, 0) is 6.42 Å². The van der Waals surface area contributed by atoms with Crippen LogP contribution in [0.4, 0.5) is 4.39 Å². The van der Waals surface area contributed by atoms with Crippen LogP contribution in [0.5, 0.6) is 11.5 Å². The molecule has 0 radical (unpaired) electrons. The predicted octanol–water partition coefficient (Wildman–Crippen LogP) is 3.22. The molecule has 34 heavy (non-hydrogen) atoms. The zero-order valence-corrected chi connectivity index (χ0v) is 19.9. The molecule has 0 saturated carbocycles. The first kappa shape index (κ1) is 23.6. The van der Waals surface area contributed by atoms with Gasteiger partial charge >= 0.3 is 0 Å². The largest absolute Gasteiger partial charge is 0.493 e. The highest BCUT2D eigenvalue weighted by molar-refractivity contribution is 7.15. The molecule has 4 aromatic rings. The number of hydrogen-bond donors (Lipinski definition) is 0. The molecule has 0 aliphatic rings. The van der Waals surface area contributed by atoms with Gasteiger partial charge < -0.3 is 9.47 Å². The van der Waals surface area contributed by atoms with Crippen LogP contribution in [-0.4, -0.2) is 28.3 Å². The zero-order valence-electron chi connectivity index (χ0n) is 19.1. The van der Waals surface area contributed by atoms with Crippen LogP contribution in [0.15, 0.2) is 52.1 Å². The molecule has 0 fully saturated rings. The maximum atomic E-state index is 13.1. The highest BCUT2D eigenvalue weighted by atomic mass is 32.1. The van der Waals surface area contributed by atoms with Gasteiger partial charge in [-0.15, -0.1) is 0 Å². The van der Waals surface area contributed by atoms with Crippen molar-refractivity contribution in [3.8, 4) is 11.5 Å². The van der Waals surface area contributed by atoms with Crippen LogP contribution in [0.2, 0.25) is 0 Å². The number of aromatic nitrogens is 3. The van der Waals surface area contributed by atoms with Crippen LogP contribution in [0.3, 0.4) is 0 Å². The quantitative estimate of drug-likeness (QED) is 0.384. The van der Waals surface area contributed by atoms with Crippen LogP contribution in [0, 0.1) is 11.7 Å². The molecule has 9 heteroatoms. The Kier molecular flexibility index (Phi) is 7.02. The highest BCUT2D eigenvalue weighted by Gasteiger charge is 2.12. The maximum Gasteiger partial charge on any atom is 0.296 e. The van der Waals surface area contributed by atoms with E-state index in [-0.39, 0.29) is 28.5 Å². The van der Waals surface area contributed by atoms with Crippen LogP contribution in [0.1, 0.15) is 37.1 Å². The van der Waals surface area contributed by atoms with Gasteiger partial charge in [-0.05, 0) is 53.8 Å². The SMILES string of the molecule is COc1cc(/C=c2/sc3nc(=O)c(Cc4ccc(F)cc4)nn3c2=O)ccc1OCCC(C)C. The number of benzene rings is 2. The number of ether oxygens (including phenoxy) is 2. The predicted molar refractivity (Wildman–Crippen MR) is 129 cm³/mol. The van der Waals surface area contributed by atoms with Gasteiger partial charge in [-0.25, -0.2) is 4.39 Å². The van der Waals surface area contributed by atoms with Crippen molar-refractivity contribution in [2.75, 3.05) is 13.7 Å². The third-order valence-corrected chi connectivity index (χ3v) is 6.13. The first-order valence-corrected chi connectivity index (χ1v) is 11.7. The lowest BCUT2D eigenvalue weighted by molar-refractivity contribution is 0.273. The van der Waals surface area contributed by atoms with E-state index < -0.39 is 5.56 Å². The van der Waals surface area contributed by atoms with Gasteiger partial charge in [0.05, 0.1) is 18.2 Å². The van der Waals surface area contributed by atoms with Crippen molar-refractivity contribution in [3.63, 3.8) is 0 Å². The fourth-order valence-electron chi connectivity index (χ4n) is 3.30. The van der Waals surface area contributed by atoms with E-state index in [4.69, 9.17) is 9.47 Å². The topological polar surface area (TPSA) is 82.8 Å². The molecular weight excluding hydrogens is 457 g/mol. The van der Waals surface area contributed by atoms with Gasteiger partial charge in [0, 0.05) is 6.42 Å². The summed E-state index contributed by atoms with van der Waals surface area (Å²) >= 11 is 1.08. The summed E-state index contributed by atoms with van der Waals surface area (Å²) in [6.45, 7) is 4.85. The van der Waals surface area contributed by atoms with E-state index in [9.17, 15) is 14.0 Å². The van der Waals surface area contributed by atoms with E-state index in [0.717, 1.165) is 27.8 Å². The standard InChI is InChI=1S/C25H24FN3O4S/c1-15(2)10-11-33-20-9-6-17(13-21(20)32-3)14-22-24(31)29-25(34-22)27-23(30)19(28-29)12-16-4-7-18(26)8-5-16/h4-9,13-15H,10-12H2,1-3H3/b22-14+. The van der Waals surface area contributed by atoms with E-state index >= 15 is 0 Å². The molecule has 2 aromatic heterocycles. The molecule has 0 unspecified atom stereocenters. The van der Waals surface area contributed by atoms with Crippen LogP contribution >= 0.6 is 11.3 Å². The molecule has 0 bridgehead atoms. The molecule has 0 saturated heterocycles. The molecule has 0 N–H and O–H groups in total. The molecule has 0 aliphatic heterocycles. The van der Waals surface area contributed by atoms with Crippen LogP contribution in [0.25, 0.3) is 11.0 Å². The molecule has 176 valence electrons. The molecule has 2 heterocycles. The molecule has 0 amide bonds. The summed E-state index contributed by atoms with van der Waals surface area (Å²) in [5.41, 5.74) is 0.678. The Morgan fingerprint density at radius 1 is 1.12 bits per heavy atom. The highest BCUT2D eigenvalue weighted by Crippen LogP contribution is 2.28. The molecular formula is C25H24FN3O4S. The molecule has 0 spiro atoms. The summed E-state index contributed by atoms with van der Waals surface area (Å²) in [6.07, 6.45) is 2.78. The average Bonchev–Trinajstić information content (AvgIpc) is 3.10. The maximum absolute atomic E-state index is 13.1. The first-order chi connectivity index (χ1) is 16.3. The Morgan fingerprint density at radius 3 is 2.59 bits per heavy atom. The molecule has 0 aliphatic carbocycles. The van der Waals surface area contributed by atoms with Crippen molar-refractivity contribution in [2.24, 2.45) is 5.92 Å². The third kappa shape index (κ3) is 5.31. The minimum atomic E-state index is -0.512. The Labute approximate surface area is 199 Å². The number of methoxy groups -OCH3 is 1. The number of nitrogens with zero attached hydrogens (tertiary/aromatic N) is 3. The number of hydrogen-bond acceptors (Lipinski definition) is 7. The van der Waals surface area contributed by atoms with Gasteiger partial charge in [-0.1, -0.05) is 43.4 Å². The van der Waals surface area contributed by atoms with E-state index in [0.29, 0.717) is 34.1 Å². The minimum Gasteiger partial charge on any atom is -0.493 e. The van der Waals surface area contributed by atoms with Crippen molar-refractivity contribution in [3.05, 3.63) is 90.3 Å². The normalized spacial score (nSPS) is 12.0. The number of thiazole rings is 1. The molecule has 2 aromatic carbocycles. The fraction of sp³-hybridized carbons (Fsp3) is 0.280. The summed E-state index contributed by atoms with van der Waals surface area (Å²) in [4.78, 5) is 29.6. The molecule has 7 nitrogen and oxygen atoms in total. The monoisotopic (exact) mass is 481 g/mol. The van der Waals surface area contributed by atoms with E-state index in [2.05, 4.69) is 23.9 Å². The fourth-order valence-corrected chi connectivity index (χ4v) is 4.20. The van der Waals surface area contributed by atoms with Crippen molar-refractivity contribution >= 4 is 22.4 Å². The van der Waals surface area contributed by atoms with E-state index in [1.165, 1.54) is 12.1 Å². The number of fused-ring (bicyclic) bond motifs is 1. The van der Waals surface area contributed by atoms with Crippen LogP contribution < -0.4 is 25.1 Å². The van der Waals surface area contributed by atoms with Gasteiger partial charge in [0.15, 0.2) is 11.5 Å². The van der Waals surface area contributed by atoms with Crippen molar-refractivity contribution in [2.45, 2.75) is 26.7 Å².